The summed E-state index contributed by atoms with van der Waals surface area (Å²) in [6.07, 6.45) is 0.885. The molecule has 0 aliphatic rings. The van der Waals surface area contributed by atoms with Crippen LogP contribution in [-0.2, 0) is 4.79 Å². The number of rotatable bonds is 3. The largest absolute Gasteiger partial charge is 0.481 e. The average Bonchev–Trinajstić information content (AvgIpc) is 2.19. The fraction of sp³-hybridized carbons (Fsp3) is 0.200. The lowest BCUT2D eigenvalue weighted by molar-refractivity contribution is -0.126. The fourth-order valence-corrected chi connectivity index (χ4v) is 0.913. The van der Waals surface area contributed by atoms with Gasteiger partial charge in [0.05, 0.1) is 0 Å². The number of carbonyl (C=O) groups excluding carboxylic acids is 1. The molecule has 1 aromatic carbocycles. The molecular weight excluding hydrogens is 180 g/mol. The van der Waals surface area contributed by atoms with Gasteiger partial charge in [0, 0.05) is 0 Å². The van der Waals surface area contributed by atoms with Gasteiger partial charge < -0.3 is 4.74 Å². The first-order valence-corrected chi connectivity index (χ1v) is 4.14. The first kappa shape index (κ1) is 10.1. The molecule has 0 spiro atoms. The van der Waals surface area contributed by atoms with E-state index in [0.717, 1.165) is 0 Å². The highest BCUT2D eigenvalue weighted by Gasteiger charge is 2.13. The van der Waals surface area contributed by atoms with Crippen LogP contribution in [0.5, 0.6) is 5.75 Å². The van der Waals surface area contributed by atoms with Crippen LogP contribution in [0, 0.1) is 11.5 Å². The molecule has 1 atom stereocenters. The zero-order chi connectivity index (χ0) is 10.4. The van der Waals surface area contributed by atoms with Crippen molar-refractivity contribution in [1.82, 2.24) is 5.32 Å². The first-order valence-electron chi connectivity index (χ1n) is 4.14. The Bertz CT molecular complexity index is 343. The summed E-state index contributed by atoms with van der Waals surface area (Å²) >= 11 is 0. The Morgan fingerprint density at radius 1 is 1.50 bits per heavy atom. The normalized spacial score (nSPS) is 11.1. The number of nitrogens with zero attached hydrogens (tertiary/aromatic N) is 1. The van der Waals surface area contributed by atoms with E-state index in [1.54, 1.807) is 25.2 Å². The summed E-state index contributed by atoms with van der Waals surface area (Å²) in [5, 5.41) is 10.2. The van der Waals surface area contributed by atoms with Gasteiger partial charge in [-0.1, -0.05) is 18.2 Å². The van der Waals surface area contributed by atoms with Crippen LogP contribution in [0.4, 0.5) is 0 Å². The molecule has 0 fully saturated rings. The summed E-state index contributed by atoms with van der Waals surface area (Å²) in [4.78, 5) is 11.1. The molecule has 1 rings (SSSR count). The van der Waals surface area contributed by atoms with Crippen molar-refractivity contribution in [2.75, 3.05) is 0 Å². The van der Waals surface area contributed by atoms with Crippen molar-refractivity contribution in [1.29, 1.82) is 5.26 Å². The number of amides is 1. The Balaban J connectivity index is 2.54. The van der Waals surface area contributed by atoms with Crippen LogP contribution >= 0.6 is 0 Å². The quantitative estimate of drug-likeness (QED) is 0.572. The van der Waals surface area contributed by atoms with E-state index in [2.05, 4.69) is 0 Å². The van der Waals surface area contributed by atoms with Crippen LogP contribution in [0.3, 0.4) is 0 Å². The van der Waals surface area contributed by atoms with Crippen molar-refractivity contribution in [3.05, 3.63) is 30.3 Å². The third-order valence-electron chi connectivity index (χ3n) is 1.60. The van der Waals surface area contributed by atoms with E-state index in [4.69, 9.17) is 10.00 Å². The molecule has 1 N–H and O–H groups in total. The van der Waals surface area contributed by atoms with E-state index in [1.807, 2.05) is 23.5 Å². The summed E-state index contributed by atoms with van der Waals surface area (Å²) in [7, 11) is 0. The van der Waals surface area contributed by atoms with Gasteiger partial charge in [0.1, 0.15) is 5.75 Å². The molecule has 0 bridgehead atoms. The highest BCUT2D eigenvalue weighted by atomic mass is 16.5. The molecule has 0 saturated carbocycles. The molecule has 1 unspecified atom stereocenters. The predicted octanol–water partition coefficient (Wildman–Crippen LogP) is 1.05. The summed E-state index contributed by atoms with van der Waals surface area (Å²) in [5.74, 6) is 0.157. The van der Waals surface area contributed by atoms with Gasteiger partial charge in [-0.05, 0) is 19.1 Å². The van der Waals surface area contributed by atoms with Crippen molar-refractivity contribution >= 4 is 5.91 Å². The van der Waals surface area contributed by atoms with Crippen molar-refractivity contribution < 1.29 is 9.53 Å². The second kappa shape index (κ2) is 4.87. The number of hydrogen-bond acceptors (Lipinski definition) is 3. The van der Waals surface area contributed by atoms with Crippen molar-refractivity contribution in [2.45, 2.75) is 13.0 Å². The molecule has 0 aromatic heterocycles. The third-order valence-corrected chi connectivity index (χ3v) is 1.60. The van der Waals surface area contributed by atoms with Gasteiger partial charge >= 0.3 is 0 Å². The van der Waals surface area contributed by atoms with Crippen molar-refractivity contribution in [3.63, 3.8) is 0 Å². The van der Waals surface area contributed by atoms with E-state index in [0.29, 0.717) is 5.75 Å². The molecule has 1 amide bonds. The standard InChI is InChI=1S/C10H10N2O2/c1-8(10(13)12-7-11)14-9-5-3-2-4-6-9/h2-6,8H,1H3,(H,12,13). The molecule has 0 saturated heterocycles. The van der Waals surface area contributed by atoms with E-state index in [-0.39, 0.29) is 0 Å². The van der Waals surface area contributed by atoms with E-state index < -0.39 is 12.0 Å². The molecule has 0 aliphatic heterocycles. The minimum Gasteiger partial charge on any atom is -0.481 e. The van der Waals surface area contributed by atoms with Crippen LogP contribution < -0.4 is 10.1 Å². The molecular formula is C10H10N2O2. The van der Waals surface area contributed by atoms with Gasteiger partial charge in [-0.15, -0.1) is 0 Å². The molecule has 4 heteroatoms. The van der Waals surface area contributed by atoms with E-state index in [9.17, 15) is 4.79 Å². The van der Waals surface area contributed by atoms with Crippen LogP contribution in [-0.4, -0.2) is 12.0 Å². The molecule has 14 heavy (non-hydrogen) atoms. The summed E-state index contributed by atoms with van der Waals surface area (Å²) < 4.78 is 5.27. The monoisotopic (exact) mass is 190 g/mol. The molecule has 0 heterocycles. The van der Waals surface area contributed by atoms with Gasteiger partial charge in [-0.3, -0.25) is 10.1 Å². The van der Waals surface area contributed by atoms with Gasteiger partial charge in [-0.2, -0.15) is 5.26 Å². The topological polar surface area (TPSA) is 62.1 Å². The van der Waals surface area contributed by atoms with Gasteiger partial charge in [-0.25, -0.2) is 0 Å². The van der Waals surface area contributed by atoms with Crippen molar-refractivity contribution in [3.8, 4) is 11.9 Å². The van der Waals surface area contributed by atoms with Crippen LogP contribution in [0.25, 0.3) is 0 Å². The minimum atomic E-state index is -0.669. The van der Waals surface area contributed by atoms with Crippen LogP contribution in [0.1, 0.15) is 6.92 Å². The number of carbonyl (C=O) groups is 1. The second-order valence-electron chi connectivity index (χ2n) is 2.67. The number of benzene rings is 1. The Morgan fingerprint density at radius 3 is 2.71 bits per heavy atom. The Labute approximate surface area is 82.1 Å². The Kier molecular flexibility index (Phi) is 3.50. The molecule has 4 nitrogen and oxygen atoms in total. The molecule has 0 aliphatic carbocycles. The Morgan fingerprint density at radius 2 is 2.14 bits per heavy atom. The summed E-state index contributed by atoms with van der Waals surface area (Å²) in [6, 6.07) is 8.97. The highest BCUT2D eigenvalue weighted by Crippen LogP contribution is 2.10. The van der Waals surface area contributed by atoms with Gasteiger partial charge in [0.15, 0.2) is 12.3 Å². The maximum atomic E-state index is 11.1. The number of nitrogens with one attached hydrogen (secondary N) is 1. The zero-order valence-electron chi connectivity index (χ0n) is 7.73. The zero-order valence-corrected chi connectivity index (χ0v) is 7.73. The average molecular weight is 190 g/mol. The summed E-state index contributed by atoms with van der Waals surface area (Å²) in [6.45, 7) is 1.58. The van der Waals surface area contributed by atoms with E-state index in [1.165, 1.54) is 0 Å². The lowest BCUT2D eigenvalue weighted by atomic mass is 10.3. The van der Waals surface area contributed by atoms with Crippen molar-refractivity contribution in [2.24, 2.45) is 0 Å². The smallest absolute Gasteiger partial charge is 0.273 e. The van der Waals surface area contributed by atoms with Gasteiger partial charge in [0.2, 0.25) is 0 Å². The van der Waals surface area contributed by atoms with Gasteiger partial charge in [0.25, 0.3) is 5.91 Å². The number of hydrogen-bond donors (Lipinski definition) is 1. The molecule has 1 aromatic rings. The maximum Gasteiger partial charge on any atom is 0.273 e. The second-order valence-corrected chi connectivity index (χ2v) is 2.67. The number of ether oxygens (including phenoxy) is 1. The minimum absolute atomic E-state index is 0.448. The van der Waals surface area contributed by atoms with Crippen LogP contribution in [0.15, 0.2) is 30.3 Å². The molecule has 0 radical (unpaired) electrons. The Hall–Kier alpha value is -2.02. The lowest BCUT2D eigenvalue weighted by Gasteiger charge is -2.11. The van der Waals surface area contributed by atoms with E-state index >= 15 is 0 Å². The predicted molar refractivity (Wildman–Crippen MR) is 50.3 cm³/mol. The highest BCUT2D eigenvalue weighted by molar-refractivity contribution is 5.81. The number of nitriles is 1. The number of para-hydroxylation sites is 1. The SMILES string of the molecule is CC(Oc1ccccc1)C(=O)NC#N. The summed E-state index contributed by atoms with van der Waals surface area (Å²) in [5.41, 5.74) is 0. The maximum absolute atomic E-state index is 11.1. The molecule has 72 valence electrons. The third kappa shape index (κ3) is 2.79. The lowest BCUT2D eigenvalue weighted by Crippen LogP contribution is -2.33. The van der Waals surface area contributed by atoms with Crippen LogP contribution in [0.2, 0.25) is 0 Å². The first-order chi connectivity index (χ1) is 6.74. The fourth-order valence-electron chi connectivity index (χ4n) is 0.913.